The number of rotatable bonds is 14. The highest BCUT2D eigenvalue weighted by molar-refractivity contribution is 4.83. The summed E-state index contributed by atoms with van der Waals surface area (Å²) < 4.78 is 11.1. The van der Waals surface area contributed by atoms with Crippen molar-refractivity contribution in [2.75, 3.05) is 26.4 Å². The zero-order chi connectivity index (χ0) is 14.5. The SMILES string of the molecule is CCCCCCCCCCCCOCC1(CC)COC1. The van der Waals surface area contributed by atoms with Crippen molar-refractivity contribution in [3.05, 3.63) is 0 Å². The first kappa shape index (κ1) is 18.0. The van der Waals surface area contributed by atoms with Gasteiger partial charge >= 0.3 is 0 Å². The molecule has 0 atom stereocenters. The van der Waals surface area contributed by atoms with Crippen LogP contribution in [0.5, 0.6) is 0 Å². The zero-order valence-electron chi connectivity index (χ0n) is 13.9. The Bertz CT molecular complexity index is 206. The Kier molecular flexibility index (Phi) is 10.4. The molecule has 0 unspecified atom stereocenters. The minimum Gasteiger partial charge on any atom is -0.381 e. The Labute approximate surface area is 126 Å². The predicted octanol–water partition coefficient (Wildman–Crippen LogP) is 5.35. The van der Waals surface area contributed by atoms with Crippen molar-refractivity contribution in [1.82, 2.24) is 0 Å². The van der Waals surface area contributed by atoms with Gasteiger partial charge in [-0.1, -0.05) is 71.6 Å². The lowest BCUT2D eigenvalue weighted by molar-refractivity contribution is -0.150. The molecule has 0 aliphatic carbocycles. The molecule has 0 amide bonds. The Morgan fingerprint density at radius 2 is 1.35 bits per heavy atom. The Hall–Kier alpha value is -0.0800. The van der Waals surface area contributed by atoms with Gasteiger partial charge in [-0.3, -0.25) is 0 Å². The van der Waals surface area contributed by atoms with Crippen molar-refractivity contribution in [2.45, 2.75) is 84.5 Å². The lowest BCUT2D eigenvalue weighted by Crippen LogP contribution is -2.45. The van der Waals surface area contributed by atoms with E-state index in [4.69, 9.17) is 9.47 Å². The van der Waals surface area contributed by atoms with Crippen LogP contribution >= 0.6 is 0 Å². The van der Waals surface area contributed by atoms with Crippen molar-refractivity contribution in [3.8, 4) is 0 Å². The molecule has 0 N–H and O–H groups in total. The van der Waals surface area contributed by atoms with Crippen molar-refractivity contribution in [1.29, 1.82) is 0 Å². The molecule has 1 aliphatic rings. The highest BCUT2D eigenvalue weighted by atomic mass is 16.5. The van der Waals surface area contributed by atoms with Crippen molar-refractivity contribution < 1.29 is 9.47 Å². The lowest BCUT2D eigenvalue weighted by atomic mass is 9.84. The molecular weight excluding hydrogens is 248 g/mol. The van der Waals surface area contributed by atoms with Crippen LogP contribution in [0.2, 0.25) is 0 Å². The maximum absolute atomic E-state index is 5.82. The molecule has 0 bridgehead atoms. The first-order chi connectivity index (χ1) is 9.83. The van der Waals surface area contributed by atoms with Crippen molar-refractivity contribution >= 4 is 0 Å². The van der Waals surface area contributed by atoms with Gasteiger partial charge in [-0.05, 0) is 12.8 Å². The van der Waals surface area contributed by atoms with Crippen molar-refractivity contribution in [2.24, 2.45) is 5.41 Å². The van der Waals surface area contributed by atoms with Crippen LogP contribution in [0, 0.1) is 5.41 Å². The second kappa shape index (κ2) is 11.6. The van der Waals surface area contributed by atoms with Crippen LogP contribution in [0.25, 0.3) is 0 Å². The second-order valence-electron chi connectivity index (χ2n) is 6.58. The molecule has 120 valence electrons. The van der Waals surface area contributed by atoms with E-state index in [-0.39, 0.29) is 0 Å². The van der Waals surface area contributed by atoms with E-state index in [2.05, 4.69) is 13.8 Å². The van der Waals surface area contributed by atoms with E-state index in [1.54, 1.807) is 0 Å². The number of ether oxygens (including phenoxy) is 2. The van der Waals surface area contributed by atoms with Crippen LogP contribution in [-0.4, -0.2) is 26.4 Å². The highest BCUT2D eigenvalue weighted by Crippen LogP contribution is 2.31. The van der Waals surface area contributed by atoms with E-state index in [1.807, 2.05) is 0 Å². The molecule has 0 spiro atoms. The van der Waals surface area contributed by atoms with Gasteiger partial charge in [0.15, 0.2) is 0 Å². The summed E-state index contributed by atoms with van der Waals surface area (Å²) in [6, 6.07) is 0. The average molecular weight is 284 g/mol. The lowest BCUT2D eigenvalue weighted by Gasteiger charge is -2.40. The molecule has 0 aromatic carbocycles. The van der Waals surface area contributed by atoms with Gasteiger partial charge in [0.05, 0.1) is 19.8 Å². The van der Waals surface area contributed by atoms with Gasteiger partial charge in [-0.25, -0.2) is 0 Å². The van der Waals surface area contributed by atoms with Crippen LogP contribution in [0.4, 0.5) is 0 Å². The van der Waals surface area contributed by atoms with E-state index in [0.29, 0.717) is 5.41 Å². The molecule has 1 heterocycles. The minimum atomic E-state index is 0.360. The number of hydrogen-bond donors (Lipinski definition) is 0. The summed E-state index contributed by atoms with van der Waals surface area (Å²) in [6.45, 7) is 8.18. The molecule has 20 heavy (non-hydrogen) atoms. The van der Waals surface area contributed by atoms with Crippen LogP contribution in [0.1, 0.15) is 84.5 Å². The fourth-order valence-corrected chi connectivity index (χ4v) is 2.76. The second-order valence-corrected chi connectivity index (χ2v) is 6.58. The highest BCUT2D eigenvalue weighted by Gasteiger charge is 2.36. The van der Waals surface area contributed by atoms with E-state index >= 15 is 0 Å². The smallest absolute Gasteiger partial charge is 0.0566 e. The molecule has 0 radical (unpaired) electrons. The third-order valence-corrected chi connectivity index (χ3v) is 4.62. The molecule has 1 fully saturated rings. The Balaban J connectivity index is 1.74. The van der Waals surface area contributed by atoms with Crippen LogP contribution in [0.15, 0.2) is 0 Å². The number of unbranched alkanes of at least 4 members (excludes halogenated alkanes) is 9. The monoisotopic (exact) mass is 284 g/mol. The normalized spacial score (nSPS) is 17.1. The van der Waals surface area contributed by atoms with Gasteiger partial charge in [0.1, 0.15) is 0 Å². The summed E-state index contributed by atoms with van der Waals surface area (Å²) in [7, 11) is 0. The Morgan fingerprint density at radius 3 is 1.80 bits per heavy atom. The maximum atomic E-state index is 5.82. The first-order valence-corrected chi connectivity index (χ1v) is 8.98. The largest absolute Gasteiger partial charge is 0.381 e. The molecule has 2 heteroatoms. The molecule has 0 saturated carbocycles. The van der Waals surface area contributed by atoms with E-state index < -0.39 is 0 Å². The molecule has 1 aliphatic heterocycles. The molecule has 0 aromatic heterocycles. The zero-order valence-corrected chi connectivity index (χ0v) is 13.9. The summed E-state index contributed by atoms with van der Waals surface area (Å²) >= 11 is 0. The van der Waals surface area contributed by atoms with Gasteiger partial charge in [0, 0.05) is 12.0 Å². The first-order valence-electron chi connectivity index (χ1n) is 8.98. The minimum absolute atomic E-state index is 0.360. The summed E-state index contributed by atoms with van der Waals surface area (Å²) in [6.07, 6.45) is 15.1. The Morgan fingerprint density at radius 1 is 0.800 bits per heavy atom. The third kappa shape index (κ3) is 7.64. The maximum Gasteiger partial charge on any atom is 0.0566 e. The van der Waals surface area contributed by atoms with Crippen LogP contribution in [-0.2, 0) is 9.47 Å². The molecule has 1 saturated heterocycles. The van der Waals surface area contributed by atoms with Gasteiger partial charge in [-0.2, -0.15) is 0 Å². The average Bonchev–Trinajstić information content (AvgIpc) is 2.42. The number of hydrogen-bond acceptors (Lipinski definition) is 2. The summed E-state index contributed by atoms with van der Waals surface area (Å²) in [5, 5.41) is 0. The van der Waals surface area contributed by atoms with Gasteiger partial charge < -0.3 is 9.47 Å². The fraction of sp³-hybridized carbons (Fsp3) is 1.00. The molecule has 1 rings (SSSR count). The standard InChI is InChI=1S/C18H36O2/c1-3-5-6-7-8-9-10-11-12-13-14-19-15-18(4-2)16-20-17-18/h3-17H2,1-2H3. The quantitative estimate of drug-likeness (QED) is 0.400. The summed E-state index contributed by atoms with van der Waals surface area (Å²) in [5.41, 5.74) is 0.360. The van der Waals surface area contributed by atoms with Gasteiger partial charge in [0.25, 0.3) is 0 Å². The van der Waals surface area contributed by atoms with Crippen molar-refractivity contribution in [3.63, 3.8) is 0 Å². The van der Waals surface area contributed by atoms with Crippen LogP contribution in [0.3, 0.4) is 0 Å². The van der Waals surface area contributed by atoms with E-state index in [1.165, 1.54) is 70.6 Å². The van der Waals surface area contributed by atoms with Crippen LogP contribution < -0.4 is 0 Å². The fourth-order valence-electron chi connectivity index (χ4n) is 2.76. The summed E-state index contributed by atoms with van der Waals surface area (Å²) in [4.78, 5) is 0. The third-order valence-electron chi connectivity index (χ3n) is 4.62. The van der Waals surface area contributed by atoms with E-state index in [9.17, 15) is 0 Å². The van der Waals surface area contributed by atoms with Gasteiger partial charge in [0.2, 0.25) is 0 Å². The molecule has 2 nitrogen and oxygen atoms in total. The molecule has 0 aromatic rings. The summed E-state index contributed by atoms with van der Waals surface area (Å²) in [5.74, 6) is 0. The molecular formula is C18H36O2. The van der Waals surface area contributed by atoms with E-state index in [0.717, 1.165) is 26.4 Å². The van der Waals surface area contributed by atoms with Gasteiger partial charge in [-0.15, -0.1) is 0 Å². The predicted molar refractivity (Wildman–Crippen MR) is 86.2 cm³/mol. The topological polar surface area (TPSA) is 18.5 Å².